The molecule has 0 fully saturated rings. The largest absolute Gasteiger partial charge is 0.378 e. The van der Waals surface area contributed by atoms with E-state index in [1.165, 1.54) is 0 Å². The Kier molecular flexibility index (Phi) is 4.88. The fourth-order valence-electron chi connectivity index (χ4n) is 0.502. The summed E-state index contributed by atoms with van der Waals surface area (Å²) in [6, 6.07) is 0. The first kappa shape index (κ1) is 8.21. The Morgan fingerprint density at radius 3 is 2.67 bits per heavy atom. The molecule has 0 N–H and O–H groups in total. The van der Waals surface area contributed by atoms with Crippen molar-refractivity contribution in [3.63, 3.8) is 0 Å². The molecule has 0 aromatic rings. The quantitative estimate of drug-likeness (QED) is 0.418. The third-order valence-corrected chi connectivity index (χ3v) is 0.978. The van der Waals surface area contributed by atoms with Gasteiger partial charge in [0.1, 0.15) is 0 Å². The predicted octanol–water partition coefficient (Wildman–Crippen LogP) is 1.69. The Hall–Kier alpha value is -0.790. The topological polar surface area (TPSA) is 37.0 Å². The maximum absolute atomic E-state index is 9.76. The molecule has 0 aliphatic rings. The third-order valence-electron chi connectivity index (χ3n) is 0.978. The van der Waals surface area contributed by atoms with Crippen molar-refractivity contribution in [3.05, 3.63) is 12.2 Å². The van der Waals surface area contributed by atoms with Crippen LogP contribution in [0.5, 0.6) is 0 Å². The van der Waals surface area contributed by atoms with Crippen LogP contribution in [0.3, 0.4) is 0 Å². The van der Waals surface area contributed by atoms with Gasteiger partial charge in [0, 0.05) is 6.08 Å². The molecular formula is C7H11O2. The Morgan fingerprint density at radius 2 is 2.22 bits per heavy atom. The van der Waals surface area contributed by atoms with Gasteiger partial charge in [-0.1, -0.05) is 25.8 Å². The van der Waals surface area contributed by atoms with Crippen molar-refractivity contribution in [1.29, 1.82) is 0 Å². The van der Waals surface area contributed by atoms with Crippen molar-refractivity contribution in [2.75, 3.05) is 0 Å². The van der Waals surface area contributed by atoms with Crippen LogP contribution in [0.1, 0.15) is 26.2 Å². The first-order valence-electron chi connectivity index (χ1n) is 3.15. The van der Waals surface area contributed by atoms with Crippen LogP contribution in [0.4, 0.5) is 0 Å². The number of hydrogen-bond donors (Lipinski definition) is 0. The molecule has 2 nitrogen and oxygen atoms in total. The van der Waals surface area contributed by atoms with Crippen LogP contribution < -0.4 is 0 Å². The lowest BCUT2D eigenvalue weighted by Gasteiger charge is -1.84. The van der Waals surface area contributed by atoms with Crippen LogP contribution in [-0.2, 0) is 9.90 Å². The zero-order valence-corrected chi connectivity index (χ0v) is 5.59. The van der Waals surface area contributed by atoms with E-state index < -0.39 is 5.97 Å². The first-order chi connectivity index (χ1) is 4.27. The molecule has 0 aliphatic heterocycles. The summed E-state index contributed by atoms with van der Waals surface area (Å²) in [4.78, 5) is 9.76. The SMILES string of the molecule is CCCC/C=C/C([O])=O. The summed E-state index contributed by atoms with van der Waals surface area (Å²) >= 11 is 0. The van der Waals surface area contributed by atoms with Crippen molar-refractivity contribution in [2.45, 2.75) is 26.2 Å². The van der Waals surface area contributed by atoms with Gasteiger partial charge >= 0.3 is 5.97 Å². The van der Waals surface area contributed by atoms with Crippen molar-refractivity contribution in [2.24, 2.45) is 0 Å². The second-order valence-corrected chi connectivity index (χ2v) is 1.86. The van der Waals surface area contributed by atoms with E-state index in [0.29, 0.717) is 0 Å². The minimum atomic E-state index is -1.11. The lowest BCUT2D eigenvalue weighted by molar-refractivity contribution is -0.137. The van der Waals surface area contributed by atoms with E-state index in [1.807, 2.05) is 0 Å². The summed E-state index contributed by atoms with van der Waals surface area (Å²) in [7, 11) is 0. The minimum absolute atomic E-state index is 0.838. The fourth-order valence-corrected chi connectivity index (χ4v) is 0.502. The molecule has 9 heavy (non-hydrogen) atoms. The highest BCUT2D eigenvalue weighted by Gasteiger charge is 1.86. The maximum Gasteiger partial charge on any atom is 0.378 e. The van der Waals surface area contributed by atoms with Crippen LogP contribution in [0.15, 0.2) is 12.2 Å². The van der Waals surface area contributed by atoms with E-state index in [-0.39, 0.29) is 0 Å². The fraction of sp³-hybridized carbons (Fsp3) is 0.571. The van der Waals surface area contributed by atoms with Gasteiger partial charge in [0.25, 0.3) is 0 Å². The second kappa shape index (κ2) is 5.35. The Bertz CT molecular complexity index is 105. The molecule has 0 aromatic carbocycles. The summed E-state index contributed by atoms with van der Waals surface area (Å²) in [5.41, 5.74) is 0. The summed E-state index contributed by atoms with van der Waals surface area (Å²) in [6.07, 6.45) is 5.68. The zero-order valence-electron chi connectivity index (χ0n) is 5.59. The predicted molar refractivity (Wildman–Crippen MR) is 34.4 cm³/mol. The van der Waals surface area contributed by atoms with Crippen LogP contribution in [-0.4, -0.2) is 5.97 Å². The highest BCUT2D eigenvalue weighted by atomic mass is 16.4. The third kappa shape index (κ3) is 7.21. The standard InChI is InChI=1S/C7H11O2/c1-2-3-4-5-6-7(8)9/h5-6H,2-4H2,1H3/b6-5+. The number of hydrogen-bond acceptors (Lipinski definition) is 1. The zero-order chi connectivity index (χ0) is 7.11. The summed E-state index contributed by atoms with van der Waals surface area (Å²) < 4.78 is 0. The second-order valence-electron chi connectivity index (χ2n) is 1.86. The summed E-state index contributed by atoms with van der Waals surface area (Å²) in [6.45, 7) is 2.06. The van der Waals surface area contributed by atoms with E-state index in [2.05, 4.69) is 6.92 Å². The molecule has 0 unspecified atom stereocenters. The highest BCUT2D eigenvalue weighted by molar-refractivity contribution is 5.79. The van der Waals surface area contributed by atoms with Crippen molar-refractivity contribution in [3.8, 4) is 0 Å². The van der Waals surface area contributed by atoms with Crippen LogP contribution in [0.2, 0.25) is 0 Å². The van der Waals surface area contributed by atoms with E-state index in [9.17, 15) is 9.90 Å². The molecule has 51 valence electrons. The lowest BCUT2D eigenvalue weighted by Crippen LogP contribution is -1.82. The van der Waals surface area contributed by atoms with Gasteiger partial charge in [0.2, 0.25) is 0 Å². The summed E-state index contributed by atoms with van der Waals surface area (Å²) in [5.74, 6) is -1.11. The monoisotopic (exact) mass is 127 g/mol. The van der Waals surface area contributed by atoms with Gasteiger partial charge < -0.3 is 0 Å². The first-order valence-corrected chi connectivity index (χ1v) is 3.15. The van der Waals surface area contributed by atoms with Gasteiger partial charge in [-0.3, -0.25) is 0 Å². The van der Waals surface area contributed by atoms with Gasteiger partial charge in [-0.15, -0.1) is 0 Å². The molecule has 0 heterocycles. The molecule has 0 atom stereocenters. The Balaban J connectivity index is 3.15. The van der Waals surface area contributed by atoms with E-state index >= 15 is 0 Å². The van der Waals surface area contributed by atoms with Gasteiger partial charge in [0.05, 0.1) is 0 Å². The van der Waals surface area contributed by atoms with E-state index in [4.69, 9.17) is 0 Å². The number of carbonyl (C=O) groups is 1. The Labute approximate surface area is 55.2 Å². The molecule has 0 bridgehead atoms. The minimum Gasteiger partial charge on any atom is -0.242 e. The van der Waals surface area contributed by atoms with Gasteiger partial charge in [-0.25, -0.2) is 9.90 Å². The molecule has 0 aliphatic carbocycles. The average molecular weight is 127 g/mol. The number of unbranched alkanes of at least 4 members (excludes halogenated alkanes) is 2. The van der Waals surface area contributed by atoms with Gasteiger partial charge in [0.15, 0.2) is 0 Å². The van der Waals surface area contributed by atoms with Gasteiger partial charge in [-0.05, 0) is 6.42 Å². The highest BCUT2D eigenvalue weighted by Crippen LogP contribution is 1.93. The van der Waals surface area contributed by atoms with E-state index in [1.54, 1.807) is 6.08 Å². The molecule has 0 rings (SSSR count). The average Bonchev–Trinajstić information content (AvgIpc) is 1.80. The summed E-state index contributed by atoms with van der Waals surface area (Å²) in [5, 5.41) is 9.76. The molecule has 0 amide bonds. The molecule has 2 heteroatoms. The molecular weight excluding hydrogens is 116 g/mol. The van der Waals surface area contributed by atoms with Crippen LogP contribution in [0.25, 0.3) is 0 Å². The molecule has 0 spiro atoms. The van der Waals surface area contributed by atoms with Crippen molar-refractivity contribution < 1.29 is 9.90 Å². The normalized spacial score (nSPS) is 10.3. The lowest BCUT2D eigenvalue weighted by atomic mass is 10.2. The number of carbonyl (C=O) groups excluding carboxylic acids is 1. The molecule has 0 aromatic heterocycles. The molecule has 0 saturated carbocycles. The maximum atomic E-state index is 9.76. The number of rotatable bonds is 4. The van der Waals surface area contributed by atoms with E-state index in [0.717, 1.165) is 25.3 Å². The van der Waals surface area contributed by atoms with Crippen LogP contribution in [0, 0.1) is 0 Å². The number of allylic oxidation sites excluding steroid dienone is 1. The van der Waals surface area contributed by atoms with Crippen molar-refractivity contribution >= 4 is 5.97 Å². The van der Waals surface area contributed by atoms with Crippen molar-refractivity contribution in [1.82, 2.24) is 0 Å². The Morgan fingerprint density at radius 1 is 1.56 bits per heavy atom. The smallest absolute Gasteiger partial charge is 0.242 e. The molecule has 0 saturated heterocycles. The van der Waals surface area contributed by atoms with Gasteiger partial charge in [-0.2, -0.15) is 0 Å². The van der Waals surface area contributed by atoms with Crippen LogP contribution >= 0.6 is 0 Å². The molecule has 1 radical (unpaired) electrons.